The molecular formula is C14H12BrFN2O2. The number of nitrogens with one attached hydrogen (secondary N) is 1. The standard InChI is InChI=1S/C14H12BrFN2O2/c15-9-1-3-11(12(16)6-9)14(20)18-7-8-5-10(17)2-4-13(8)19/h1-6,19H,7,17H2,(H,18,20). The summed E-state index contributed by atoms with van der Waals surface area (Å²) < 4.78 is 14.2. The first-order valence-electron chi connectivity index (χ1n) is 5.78. The van der Waals surface area contributed by atoms with Gasteiger partial charge in [-0.15, -0.1) is 0 Å². The Morgan fingerprint density at radius 1 is 1.30 bits per heavy atom. The van der Waals surface area contributed by atoms with Gasteiger partial charge in [0.2, 0.25) is 0 Å². The first-order chi connectivity index (χ1) is 9.47. The third-order valence-corrected chi connectivity index (χ3v) is 3.21. The molecule has 0 spiro atoms. The Kier molecular flexibility index (Phi) is 4.24. The number of phenolic OH excluding ortho intramolecular Hbond substituents is 1. The molecule has 0 heterocycles. The van der Waals surface area contributed by atoms with Crippen LogP contribution < -0.4 is 11.1 Å². The molecule has 0 saturated heterocycles. The lowest BCUT2D eigenvalue weighted by molar-refractivity contribution is 0.0946. The summed E-state index contributed by atoms with van der Waals surface area (Å²) in [5, 5.41) is 12.2. The summed E-state index contributed by atoms with van der Waals surface area (Å²) >= 11 is 3.12. The molecule has 0 aromatic heterocycles. The Bertz CT molecular complexity index is 662. The molecule has 104 valence electrons. The van der Waals surface area contributed by atoms with E-state index < -0.39 is 11.7 Å². The number of carbonyl (C=O) groups excluding carboxylic acids is 1. The SMILES string of the molecule is Nc1ccc(O)c(CNC(=O)c2ccc(Br)cc2F)c1. The molecule has 4 nitrogen and oxygen atoms in total. The van der Waals surface area contributed by atoms with Gasteiger partial charge in [0.05, 0.1) is 5.56 Å². The zero-order valence-corrected chi connectivity index (χ0v) is 11.9. The van der Waals surface area contributed by atoms with E-state index in [0.717, 1.165) is 0 Å². The summed E-state index contributed by atoms with van der Waals surface area (Å²) in [5.74, 6) is -1.15. The highest BCUT2D eigenvalue weighted by Crippen LogP contribution is 2.20. The van der Waals surface area contributed by atoms with E-state index in [-0.39, 0.29) is 17.9 Å². The van der Waals surface area contributed by atoms with Gasteiger partial charge in [-0.2, -0.15) is 0 Å². The van der Waals surface area contributed by atoms with Crippen LogP contribution >= 0.6 is 15.9 Å². The van der Waals surface area contributed by atoms with Crippen molar-refractivity contribution in [2.45, 2.75) is 6.54 Å². The van der Waals surface area contributed by atoms with E-state index in [0.29, 0.717) is 15.7 Å². The molecule has 0 radical (unpaired) electrons. The molecule has 0 bridgehead atoms. The van der Waals surface area contributed by atoms with Crippen LogP contribution in [0.25, 0.3) is 0 Å². The Labute approximate surface area is 123 Å². The number of hydrogen-bond acceptors (Lipinski definition) is 3. The average molecular weight is 339 g/mol. The molecule has 0 aliphatic rings. The summed E-state index contributed by atoms with van der Waals surface area (Å²) in [6.07, 6.45) is 0. The maximum atomic E-state index is 13.6. The minimum absolute atomic E-state index is 0.0239. The molecule has 0 aliphatic carbocycles. The van der Waals surface area contributed by atoms with E-state index >= 15 is 0 Å². The number of amides is 1. The Hall–Kier alpha value is -2.08. The third kappa shape index (κ3) is 3.27. The van der Waals surface area contributed by atoms with Gasteiger partial charge in [0.15, 0.2) is 0 Å². The van der Waals surface area contributed by atoms with Crippen molar-refractivity contribution in [1.29, 1.82) is 0 Å². The van der Waals surface area contributed by atoms with E-state index in [2.05, 4.69) is 21.2 Å². The van der Waals surface area contributed by atoms with Gasteiger partial charge in [-0.1, -0.05) is 15.9 Å². The molecule has 0 atom stereocenters. The highest BCUT2D eigenvalue weighted by atomic mass is 79.9. The molecule has 2 aromatic rings. The second kappa shape index (κ2) is 5.92. The van der Waals surface area contributed by atoms with Crippen molar-refractivity contribution < 1.29 is 14.3 Å². The first kappa shape index (κ1) is 14.3. The van der Waals surface area contributed by atoms with Crippen molar-refractivity contribution >= 4 is 27.5 Å². The lowest BCUT2D eigenvalue weighted by atomic mass is 10.1. The zero-order chi connectivity index (χ0) is 14.7. The summed E-state index contributed by atoms with van der Waals surface area (Å²) in [5.41, 5.74) is 6.48. The summed E-state index contributed by atoms with van der Waals surface area (Å²) in [7, 11) is 0. The minimum atomic E-state index is -0.617. The molecule has 0 aliphatic heterocycles. The lowest BCUT2D eigenvalue weighted by Gasteiger charge is -2.08. The van der Waals surface area contributed by atoms with Crippen molar-refractivity contribution in [3.8, 4) is 5.75 Å². The maximum absolute atomic E-state index is 13.6. The van der Waals surface area contributed by atoms with Crippen LogP contribution in [0, 0.1) is 5.82 Å². The number of phenols is 1. The molecule has 2 rings (SSSR count). The van der Waals surface area contributed by atoms with E-state index in [1.165, 1.54) is 18.2 Å². The molecule has 20 heavy (non-hydrogen) atoms. The molecule has 4 N–H and O–H groups in total. The summed E-state index contributed by atoms with van der Waals surface area (Å²) in [4.78, 5) is 11.9. The van der Waals surface area contributed by atoms with Gasteiger partial charge in [-0.3, -0.25) is 4.79 Å². The normalized spacial score (nSPS) is 10.3. The van der Waals surface area contributed by atoms with Crippen LogP contribution in [-0.2, 0) is 6.54 Å². The highest BCUT2D eigenvalue weighted by Gasteiger charge is 2.12. The molecule has 0 fully saturated rings. The number of nitrogens with two attached hydrogens (primary N) is 1. The van der Waals surface area contributed by atoms with Gasteiger partial charge in [-0.05, 0) is 36.4 Å². The van der Waals surface area contributed by atoms with Crippen molar-refractivity contribution in [3.05, 3.63) is 57.8 Å². The fourth-order valence-corrected chi connectivity index (χ4v) is 2.02. The maximum Gasteiger partial charge on any atom is 0.254 e. The van der Waals surface area contributed by atoms with E-state index in [1.807, 2.05) is 0 Å². The van der Waals surface area contributed by atoms with Gasteiger partial charge < -0.3 is 16.2 Å². The first-order valence-corrected chi connectivity index (χ1v) is 6.57. The second-order valence-electron chi connectivity index (χ2n) is 4.19. The van der Waals surface area contributed by atoms with Gasteiger partial charge in [-0.25, -0.2) is 4.39 Å². The van der Waals surface area contributed by atoms with Gasteiger partial charge in [0.1, 0.15) is 11.6 Å². The monoisotopic (exact) mass is 338 g/mol. The zero-order valence-electron chi connectivity index (χ0n) is 10.4. The number of hydrogen-bond donors (Lipinski definition) is 3. The van der Waals surface area contributed by atoms with Crippen LogP contribution in [0.3, 0.4) is 0 Å². The van der Waals surface area contributed by atoms with Crippen molar-refractivity contribution in [2.75, 3.05) is 5.73 Å². The van der Waals surface area contributed by atoms with Crippen LogP contribution in [-0.4, -0.2) is 11.0 Å². The van der Waals surface area contributed by atoms with Gasteiger partial charge in [0.25, 0.3) is 5.91 Å². The Morgan fingerprint density at radius 3 is 2.75 bits per heavy atom. The number of rotatable bonds is 3. The van der Waals surface area contributed by atoms with E-state index in [4.69, 9.17) is 5.73 Å². The largest absolute Gasteiger partial charge is 0.508 e. The van der Waals surface area contributed by atoms with Crippen molar-refractivity contribution in [2.24, 2.45) is 0 Å². The summed E-state index contributed by atoms with van der Waals surface area (Å²) in [6, 6.07) is 8.72. The predicted molar refractivity (Wildman–Crippen MR) is 77.8 cm³/mol. The third-order valence-electron chi connectivity index (χ3n) is 2.72. The topological polar surface area (TPSA) is 75.3 Å². The van der Waals surface area contributed by atoms with Crippen molar-refractivity contribution in [3.63, 3.8) is 0 Å². The fourth-order valence-electron chi connectivity index (χ4n) is 1.69. The Morgan fingerprint density at radius 2 is 2.05 bits per heavy atom. The minimum Gasteiger partial charge on any atom is -0.508 e. The number of nitrogen functional groups attached to an aromatic ring is 1. The van der Waals surface area contributed by atoms with Gasteiger partial charge in [0, 0.05) is 22.3 Å². The number of benzene rings is 2. The fraction of sp³-hybridized carbons (Fsp3) is 0.0714. The smallest absolute Gasteiger partial charge is 0.254 e. The molecular weight excluding hydrogens is 327 g/mol. The van der Waals surface area contributed by atoms with Crippen LogP contribution in [0.1, 0.15) is 15.9 Å². The highest BCUT2D eigenvalue weighted by molar-refractivity contribution is 9.10. The Balaban J connectivity index is 2.10. The average Bonchev–Trinajstić information content (AvgIpc) is 2.39. The number of carbonyl (C=O) groups is 1. The van der Waals surface area contributed by atoms with Crippen LogP contribution in [0.5, 0.6) is 5.75 Å². The second-order valence-corrected chi connectivity index (χ2v) is 5.11. The quantitative estimate of drug-likeness (QED) is 0.595. The van der Waals surface area contributed by atoms with Gasteiger partial charge >= 0.3 is 0 Å². The van der Waals surface area contributed by atoms with Crippen LogP contribution in [0.15, 0.2) is 40.9 Å². The molecule has 0 saturated carbocycles. The van der Waals surface area contributed by atoms with E-state index in [9.17, 15) is 14.3 Å². The number of aromatic hydroxyl groups is 1. The summed E-state index contributed by atoms with van der Waals surface area (Å²) in [6.45, 7) is 0.0607. The van der Waals surface area contributed by atoms with Crippen molar-refractivity contribution in [1.82, 2.24) is 5.32 Å². The molecule has 6 heteroatoms. The molecule has 1 amide bonds. The molecule has 2 aromatic carbocycles. The predicted octanol–water partition coefficient (Wildman–Crippen LogP) is 2.81. The van der Waals surface area contributed by atoms with Crippen LogP contribution in [0.2, 0.25) is 0 Å². The number of anilines is 1. The lowest BCUT2D eigenvalue weighted by Crippen LogP contribution is -2.23. The van der Waals surface area contributed by atoms with E-state index in [1.54, 1.807) is 18.2 Å². The van der Waals surface area contributed by atoms with Crippen LogP contribution in [0.4, 0.5) is 10.1 Å². The molecule has 0 unspecified atom stereocenters. The number of halogens is 2.